The maximum Gasteiger partial charge on any atom is 0.119 e. The molecule has 1 aliphatic rings. The SMILES string of the molecule is CN1CCC(Cc2ncc3cc(O)ccn23)C1. The standard InChI is InChI=1S/C13H17N3O/c1-15-4-2-10(9-15)6-13-14-8-11-7-12(17)3-5-16(11)13/h3,5,7-8,10,17H,2,4,6,9H2,1H3. The highest BCUT2D eigenvalue weighted by atomic mass is 16.3. The normalized spacial score (nSPS) is 21.4. The van der Waals surface area contributed by atoms with E-state index in [2.05, 4.69) is 21.3 Å². The van der Waals surface area contributed by atoms with Gasteiger partial charge >= 0.3 is 0 Å². The molecule has 0 bridgehead atoms. The summed E-state index contributed by atoms with van der Waals surface area (Å²) in [6.07, 6.45) is 5.99. The fourth-order valence-corrected chi connectivity index (χ4v) is 2.65. The van der Waals surface area contributed by atoms with Crippen LogP contribution in [0, 0.1) is 5.92 Å². The monoisotopic (exact) mass is 231 g/mol. The van der Waals surface area contributed by atoms with E-state index in [9.17, 15) is 5.11 Å². The molecule has 0 saturated carbocycles. The third-order valence-corrected chi connectivity index (χ3v) is 3.55. The van der Waals surface area contributed by atoms with Crippen molar-refractivity contribution in [1.29, 1.82) is 0 Å². The average molecular weight is 231 g/mol. The van der Waals surface area contributed by atoms with Gasteiger partial charge in [0.15, 0.2) is 0 Å². The van der Waals surface area contributed by atoms with Crippen molar-refractivity contribution in [3.05, 3.63) is 30.4 Å². The highest BCUT2D eigenvalue weighted by molar-refractivity contribution is 5.50. The smallest absolute Gasteiger partial charge is 0.119 e. The number of pyridine rings is 1. The molecule has 0 amide bonds. The molecule has 1 fully saturated rings. The van der Waals surface area contributed by atoms with Crippen molar-refractivity contribution in [1.82, 2.24) is 14.3 Å². The predicted octanol–water partition coefficient (Wildman–Crippen LogP) is 1.53. The highest BCUT2D eigenvalue weighted by Gasteiger charge is 2.21. The zero-order valence-electron chi connectivity index (χ0n) is 10.0. The molecule has 0 radical (unpaired) electrons. The van der Waals surface area contributed by atoms with Crippen molar-refractivity contribution in [2.24, 2.45) is 5.92 Å². The fraction of sp³-hybridized carbons (Fsp3) is 0.462. The van der Waals surface area contributed by atoms with Crippen LogP contribution in [0.2, 0.25) is 0 Å². The van der Waals surface area contributed by atoms with Gasteiger partial charge in [-0.3, -0.25) is 0 Å². The molecule has 0 aliphatic carbocycles. The van der Waals surface area contributed by atoms with E-state index in [-0.39, 0.29) is 0 Å². The Balaban J connectivity index is 1.85. The quantitative estimate of drug-likeness (QED) is 0.852. The Labute approximate surface area is 101 Å². The van der Waals surface area contributed by atoms with E-state index in [4.69, 9.17) is 0 Å². The van der Waals surface area contributed by atoms with Gasteiger partial charge in [0.05, 0.1) is 11.7 Å². The third-order valence-electron chi connectivity index (χ3n) is 3.55. The van der Waals surface area contributed by atoms with Gasteiger partial charge in [-0.1, -0.05) is 0 Å². The van der Waals surface area contributed by atoms with Crippen LogP contribution >= 0.6 is 0 Å². The molecule has 3 heterocycles. The van der Waals surface area contributed by atoms with Crippen LogP contribution < -0.4 is 0 Å². The van der Waals surface area contributed by atoms with Gasteiger partial charge in [-0.15, -0.1) is 0 Å². The van der Waals surface area contributed by atoms with Crippen LogP contribution in [0.15, 0.2) is 24.5 Å². The zero-order valence-corrected chi connectivity index (χ0v) is 10.0. The van der Waals surface area contributed by atoms with Crippen molar-refractivity contribution >= 4 is 5.52 Å². The second-order valence-electron chi connectivity index (χ2n) is 4.98. The van der Waals surface area contributed by atoms with E-state index in [1.165, 1.54) is 13.0 Å². The summed E-state index contributed by atoms with van der Waals surface area (Å²) < 4.78 is 2.07. The maximum absolute atomic E-state index is 9.41. The van der Waals surface area contributed by atoms with Gasteiger partial charge in [-0.25, -0.2) is 4.98 Å². The summed E-state index contributed by atoms with van der Waals surface area (Å²) in [5.41, 5.74) is 0.964. The minimum atomic E-state index is 0.296. The maximum atomic E-state index is 9.41. The van der Waals surface area contributed by atoms with Gasteiger partial charge in [0.2, 0.25) is 0 Å². The van der Waals surface area contributed by atoms with Crippen LogP contribution in [0.25, 0.3) is 5.52 Å². The number of fused-ring (bicyclic) bond motifs is 1. The Morgan fingerprint density at radius 1 is 1.53 bits per heavy atom. The molecule has 4 heteroatoms. The lowest BCUT2D eigenvalue weighted by Gasteiger charge is -2.09. The lowest BCUT2D eigenvalue weighted by molar-refractivity contribution is 0.392. The van der Waals surface area contributed by atoms with E-state index in [0.29, 0.717) is 11.7 Å². The van der Waals surface area contributed by atoms with Crippen molar-refractivity contribution in [2.45, 2.75) is 12.8 Å². The second-order valence-corrected chi connectivity index (χ2v) is 4.98. The molecular weight excluding hydrogens is 214 g/mol. The predicted molar refractivity (Wildman–Crippen MR) is 66.2 cm³/mol. The molecule has 2 aromatic heterocycles. The first-order valence-corrected chi connectivity index (χ1v) is 6.06. The van der Waals surface area contributed by atoms with E-state index in [1.54, 1.807) is 12.1 Å². The number of aromatic hydroxyl groups is 1. The summed E-state index contributed by atoms with van der Waals surface area (Å²) in [6, 6.07) is 3.45. The molecule has 0 aromatic carbocycles. The summed E-state index contributed by atoms with van der Waals surface area (Å²) in [6.45, 7) is 2.35. The summed E-state index contributed by atoms with van der Waals surface area (Å²) in [5.74, 6) is 2.10. The van der Waals surface area contributed by atoms with Gasteiger partial charge in [0.1, 0.15) is 11.6 Å². The molecule has 1 N–H and O–H groups in total. The minimum absolute atomic E-state index is 0.296. The topological polar surface area (TPSA) is 40.8 Å². The van der Waals surface area contributed by atoms with Crippen LogP contribution in [-0.2, 0) is 6.42 Å². The summed E-state index contributed by atoms with van der Waals surface area (Å²) in [4.78, 5) is 6.83. The molecule has 1 atom stereocenters. The number of hydrogen-bond acceptors (Lipinski definition) is 3. The van der Waals surface area contributed by atoms with E-state index >= 15 is 0 Å². The lowest BCUT2D eigenvalue weighted by atomic mass is 10.0. The van der Waals surface area contributed by atoms with Crippen LogP contribution in [0.5, 0.6) is 5.75 Å². The third kappa shape index (κ3) is 2.00. The molecule has 2 aromatic rings. The summed E-state index contributed by atoms with van der Waals surface area (Å²) in [5, 5.41) is 9.41. The Kier molecular flexibility index (Phi) is 2.52. The molecule has 3 rings (SSSR count). The fourth-order valence-electron chi connectivity index (χ4n) is 2.65. The van der Waals surface area contributed by atoms with E-state index in [1.807, 2.05) is 12.4 Å². The van der Waals surface area contributed by atoms with Gasteiger partial charge in [-0.05, 0) is 32.0 Å². The first-order chi connectivity index (χ1) is 8.22. The van der Waals surface area contributed by atoms with Crippen LogP contribution in [0.3, 0.4) is 0 Å². The average Bonchev–Trinajstić information content (AvgIpc) is 2.86. The molecule has 1 saturated heterocycles. The van der Waals surface area contributed by atoms with Crippen molar-refractivity contribution in [3.8, 4) is 5.75 Å². The number of rotatable bonds is 2. The largest absolute Gasteiger partial charge is 0.508 e. The number of imidazole rings is 1. The second kappa shape index (κ2) is 4.04. The Bertz CT molecular complexity index is 534. The molecule has 17 heavy (non-hydrogen) atoms. The molecule has 90 valence electrons. The van der Waals surface area contributed by atoms with Crippen molar-refractivity contribution in [3.63, 3.8) is 0 Å². The highest BCUT2D eigenvalue weighted by Crippen LogP contribution is 2.21. The zero-order chi connectivity index (χ0) is 11.8. The van der Waals surface area contributed by atoms with Crippen molar-refractivity contribution < 1.29 is 5.11 Å². The minimum Gasteiger partial charge on any atom is -0.508 e. The van der Waals surface area contributed by atoms with E-state index in [0.717, 1.165) is 24.3 Å². The Morgan fingerprint density at radius 2 is 2.41 bits per heavy atom. The van der Waals surface area contributed by atoms with Crippen molar-refractivity contribution in [2.75, 3.05) is 20.1 Å². The summed E-state index contributed by atoms with van der Waals surface area (Å²) in [7, 11) is 2.17. The number of hydrogen-bond donors (Lipinski definition) is 1. The Hall–Kier alpha value is -1.55. The first-order valence-electron chi connectivity index (χ1n) is 6.06. The van der Waals surface area contributed by atoms with Gasteiger partial charge in [0, 0.05) is 25.2 Å². The van der Waals surface area contributed by atoms with Crippen LogP contribution in [0.1, 0.15) is 12.2 Å². The lowest BCUT2D eigenvalue weighted by Crippen LogP contribution is -2.15. The first kappa shape index (κ1) is 10.6. The van der Waals surface area contributed by atoms with Gasteiger partial charge in [-0.2, -0.15) is 0 Å². The molecule has 1 unspecified atom stereocenters. The van der Waals surface area contributed by atoms with Crippen LogP contribution in [0.4, 0.5) is 0 Å². The number of aromatic nitrogens is 2. The number of likely N-dealkylation sites (tertiary alicyclic amines) is 1. The molecule has 4 nitrogen and oxygen atoms in total. The molecular formula is C13H17N3O. The van der Waals surface area contributed by atoms with Gasteiger partial charge in [0.25, 0.3) is 0 Å². The molecule has 1 aliphatic heterocycles. The Morgan fingerprint density at radius 3 is 3.18 bits per heavy atom. The van der Waals surface area contributed by atoms with Gasteiger partial charge < -0.3 is 14.4 Å². The number of nitrogens with zero attached hydrogens (tertiary/aromatic N) is 3. The molecule has 0 spiro atoms. The van der Waals surface area contributed by atoms with E-state index < -0.39 is 0 Å². The van der Waals surface area contributed by atoms with Crippen LogP contribution in [-0.4, -0.2) is 39.5 Å². The summed E-state index contributed by atoms with van der Waals surface area (Å²) >= 11 is 0.